The van der Waals surface area contributed by atoms with Gasteiger partial charge in [0.25, 0.3) is 0 Å². The standard InChI is InChI=1S/C16H14F3N5O/c17-16(18,19)25-12-6-8(4-5-10(12)20)24-11-3-1-2-9(11)13-14(24)15(21)23-7-22-13/h4-7H,1-3,20H2,(H2,21,22,23). The van der Waals surface area contributed by atoms with Gasteiger partial charge >= 0.3 is 6.36 Å². The average Bonchev–Trinajstić information content (AvgIpc) is 3.10. The van der Waals surface area contributed by atoms with E-state index in [0.29, 0.717) is 11.2 Å². The van der Waals surface area contributed by atoms with Gasteiger partial charge in [0.05, 0.1) is 11.2 Å². The van der Waals surface area contributed by atoms with Gasteiger partial charge < -0.3 is 20.8 Å². The molecule has 0 unspecified atom stereocenters. The molecule has 1 aliphatic carbocycles. The van der Waals surface area contributed by atoms with Crippen LogP contribution in [0.15, 0.2) is 24.5 Å². The van der Waals surface area contributed by atoms with Crippen molar-refractivity contribution in [3.63, 3.8) is 0 Å². The molecular weight excluding hydrogens is 335 g/mol. The van der Waals surface area contributed by atoms with Crippen LogP contribution in [0.3, 0.4) is 0 Å². The predicted molar refractivity (Wildman–Crippen MR) is 86.4 cm³/mol. The molecule has 0 bridgehead atoms. The molecule has 0 aliphatic heterocycles. The van der Waals surface area contributed by atoms with Gasteiger partial charge in [-0.3, -0.25) is 0 Å². The van der Waals surface area contributed by atoms with Crippen LogP contribution in [0, 0.1) is 0 Å². The molecule has 2 heterocycles. The first kappa shape index (κ1) is 15.6. The highest BCUT2D eigenvalue weighted by atomic mass is 19.4. The van der Waals surface area contributed by atoms with Crippen LogP contribution >= 0.6 is 0 Å². The van der Waals surface area contributed by atoms with Crippen molar-refractivity contribution < 1.29 is 17.9 Å². The number of alkyl halides is 3. The molecule has 0 saturated carbocycles. The molecule has 9 heteroatoms. The molecule has 0 amide bonds. The molecule has 2 aromatic heterocycles. The predicted octanol–water partition coefficient (Wildman–Crippen LogP) is 2.97. The van der Waals surface area contributed by atoms with Gasteiger partial charge in [0.1, 0.15) is 11.8 Å². The second-order valence-electron chi connectivity index (χ2n) is 5.84. The van der Waals surface area contributed by atoms with Crippen molar-refractivity contribution in [1.82, 2.24) is 14.5 Å². The molecule has 1 aliphatic rings. The number of hydrogen-bond acceptors (Lipinski definition) is 5. The van der Waals surface area contributed by atoms with Crippen molar-refractivity contribution in [3.05, 3.63) is 35.8 Å². The van der Waals surface area contributed by atoms with Gasteiger partial charge in [-0.2, -0.15) is 0 Å². The lowest BCUT2D eigenvalue weighted by Crippen LogP contribution is -2.18. The van der Waals surface area contributed by atoms with Gasteiger partial charge in [-0.15, -0.1) is 13.2 Å². The summed E-state index contributed by atoms with van der Waals surface area (Å²) in [5, 5.41) is 0. The second-order valence-corrected chi connectivity index (χ2v) is 5.84. The van der Waals surface area contributed by atoms with E-state index in [9.17, 15) is 13.2 Å². The molecular formula is C16H14F3N5O. The van der Waals surface area contributed by atoms with Gasteiger partial charge in [-0.05, 0) is 37.0 Å². The summed E-state index contributed by atoms with van der Waals surface area (Å²) in [7, 11) is 0. The smallest absolute Gasteiger partial charge is 0.404 e. The molecule has 4 N–H and O–H groups in total. The third kappa shape index (κ3) is 2.51. The summed E-state index contributed by atoms with van der Waals surface area (Å²) in [5.74, 6) is -0.177. The van der Waals surface area contributed by atoms with E-state index in [1.54, 1.807) is 10.6 Å². The van der Waals surface area contributed by atoms with Gasteiger partial charge in [0.2, 0.25) is 0 Å². The summed E-state index contributed by atoms with van der Waals surface area (Å²) in [6.45, 7) is 0. The SMILES string of the molecule is Nc1ccc(-n2c3c(c4ncnc(N)c42)CCC3)cc1OC(F)(F)F. The second kappa shape index (κ2) is 5.27. The third-order valence-electron chi connectivity index (χ3n) is 4.30. The maximum atomic E-state index is 12.6. The Hall–Kier alpha value is -2.97. The summed E-state index contributed by atoms with van der Waals surface area (Å²) >= 11 is 0. The van der Waals surface area contributed by atoms with Gasteiger partial charge in [-0.25, -0.2) is 9.97 Å². The zero-order valence-electron chi connectivity index (χ0n) is 13.0. The highest BCUT2D eigenvalue weighted by molar-refractivity contribution is 5.91. The number of halogens is 3. The topological polar surface area (TPSA) is 92.0 Å². The van der Waals surface area contributed by atoms with Crippen molar-refractivity contribution in [2.75, 3.05) is 11.5 Å². The van der Waals surface area contributed by atoms with Crippen molar-refractivity contribution in [1.29, 1.82) is 0 Å². The van der Waals surface area contributed by atoms with E-state index in [2.05, 4.69) is 14.7 Å². The Balaban J connectivity index is 1.96. The number of anilines is 2. The van der Waals surface area contributed by atoms with Gasteiger partial charge in [-0.1, -0.05) is 0 Å². The number of benzene rings is 1. The van der Waals surface area contributed by atoms with Crippen LogP contribution in [0.1, 0.15) is 17.7 Å². The lowest BCUT2D eigenvalue weighted by atomic mass is 10.2. The zero-order valence-corrected chi connectivity index (χ0v) is 13.0. The number of fused-ring (bicyclic) bond motifs is 3. The van der Waals surface area contributed by atoms with Crippen LogP contribution in [0.5, 0.6) is 5.75 Å². The van der Waals surface area contributed by atoms with E-state index in [0.717, 1.165) is 36.0 Å². The number of nitrogen functional groups attached to an aromatic ring is 2. The van der Waals surface area contributed by atoms with Crippen LogP contribution in [-0.4, -0.2) is 20.9 Å². The number of aryl methyl sites for hydroxylation is 1. The average molecular weight is 349 g/mol. The Bertz CT molecular complexity index is 980. The first-order chi connectivity index (χ1) is 11.8. The Morgan fingerprint density at radius 3 is 2.68 bits per heavy atom. The van der Waals surface area contributed by atoms with Crippen LogP contribution in [0.2, 0.25) is 0 Å². The Labute approximate surface area is 140 Å². The number of nitrogens with two attached hydrogens (primary N) is 2. The lowest BCUT2D eigenvalue weighted by molar-refractivity contribution is -0.274. The fourth-order valence-corrected chi connectivity index (χ4v) is 3.36. The van der Waals surface area contributed by atoms with E-state index in [1.807, 2.05) is 0 Å². The molecule has 3 aromatic rings. The molecule has 0 spiro atoms. The van der Waals surface area contributed by atoms with E-state index in [4.69, 9.17) is 11.5 Å². The largest absolute Gasteiger partial charge is 0.573 e. The fraction of sp³-hybridized carbons (Fsp3) is 0.250. The quantitative estimate of drug-likeness (QED) is 0.694. The molecule has 0 fully saturated rings. The molecule has 4 rings (SSSR count). The number of ether oxygens (including phenoxy) is 1. The fourth-order valence-electron chi connectivity index (χ4n) is 3.36. The van der Waals surface area contributed by atoms with Crippen LogP contribution in [0.4, 0.5) is 24.7 Å². The third-order valence-corrected chi connectivity index (χ3v) is 4.30. The van der Waals surface area contributed by atoms with Crippen molar-refractivity contribution in [2.45, 2.75) is 25.6 Å². The zero-order chi connectivity index (χ0) is 17.8. The number of nitrogens with zero attached hydrogens (tertiary/aromatic N) is 3. The minimum absolute atomic E-state index is 0.0987. The van der Waals surface area contributed by atoms with Gasteiger partial charge in [0, 0.05) is 17.4 Å². The number of hydrogen-bond donors (Lipinski definition) is 2. The number of rotatable bonds is 2. The first-order valence-corrected chi connectivity index (χ1v) is 7.63. The monoisotopic (exact) mass is 349 g/mol. The van der Waals surface area contributed by atoms with E-state index >= 15 is 0 Å². The maximum absolute atomic E-state index is 12.6. The maximum Gasteiger partial charge on any atom is 0.573 e. The van der Waals surface area contributed by atoms with E-state index in [1.165, 1.54) is 18.5 Å². The molecule has 0 atom stereocenters. The summed E-state index contributed by atoms with van der Waals surface area (Å²) in [4.78, 5) is 8.33. The van der Waals surface area contributed by atoms with Crippen LogP contribution < -0.4 is 16.2 Å². The van der Waals surface area contributed by atoms with Crippen LogP contribution in [0.25, 0.3) is 16.7 Å². The van der Waals surface area contributed by atoms with E-state index < -0.39 is 12.1 Å². The Morgan fingerprint density at radius 1 is 1.12 bits per heavy atom. The summed E-state index contributed by atoms with van der Waals surface area (Å²) in [6, 6.07) is 4.26. The van der Waals surface area contributed by atoms with Crippen LogP contribution in [-0.2, 0) is 12.8 Å². The summed E-state index contributed by atoms with van der Waals surface area (Å²) < 4.78 is 43.7. The normalized spacial score (nSPS) is 14.0. The molecule has 0 saturated heterocycles. The minimum atomic E-state index is -4.82. The van der Waals surface area contributed by atoms with Crippen molar-refractivity contribution in [3.8, 4) is 11.4 Å². The number of aromatic nitrogens is 3. The highest BCUT2D eigenvalue weighted by Gasteiger charge is 2.32. The summed E-state index contributed by atoms with van der Waals surface area (Å²) in [6.07, 6.45) is -0.857. The molecule has 0 radical (unpaired) electrons. The molecule has 130 valence electrons. The Kier molecular flexibility index (Phi) is 3.28. The minimum Gasteiger partial charge on any atom is -0.404 e. The van der Waals surface area contributed by atoms with Crippen molar-refractivity contribution in [2.24, 2.45) is 0 Å². The molecule has 25 heavy (non-hydrogen) atoms. The lowest BCUT2D eigenvalue weighted by Gasteiger charge is -2.15. The van der Waals surface area contributed by atoms with Gasteiger partial charge in [0.15, 0.2) is 11.6 Å². The van der Waals surface area contributed by atoms with Crippen molar-refractivity contribution >= 4 is 22.5 Å². The Morgan fingerprint density at radius 2 is 1.92 bits per heavy atom. The molecule has 6 nitrogen and oxygen atoms in total. The molecule has 1 aromatic carbocycles. The van der Waals surface area contributed by atoms with E-state index in [-0.39, 0.29) is 11.5 Å². The highest BCUT2D eigenvalue weighted by Crippen LogP contribution is 2.38. The summed E-state index contributed by atoms with van der Waals surface area (Å²) in [5.41, 5.74) is 15.4. The first-order valence-electron chi connectivity index (χ1n) is 7.63.